The lowest BCUT2D eigenvalue weighted by molar-refractivity contribution is -0.143. The molecule has 1 saturated heterocycles. The number of ether oxygens (including phenoxy) is 3. The topological polar surface area (TPSA) is 140 Å². The number of ketones is 2. The van der Waals surface area contributed by atoms with E-state index >= 15 is 0 Å². The van der Waals surface area contributed by atoms with Crippen LogP contribution in [0.2, 0.25) is 0 Å². The van der Waals surface area contributed by atoms with Gasteiger partial charge in [-0.15, -0.1) is 0 Å². The van der Waals surface area contributed by atoms with E-state index in [0.29, 0.717) is 67.4 Å². The number of carbonyl (C=O) groups excluding carboxylic acids is 2. The summed E-state index contributed by atoms with van der Waals surface area (Å²) in [7, 11) is 3.09. The second-order valence-corrected chi connectivity index (χ2v) is 8.12. The molecule has 11 heteroatoms. The van der Waals surface area contributed by atoms with Crippen LogP contribution in [0.4, 0.5) is 5.82 Å². The van der Waals surface area contributed by atoms with E-state index in [1.165, 1.54) is 25.6 Å². The molecule has 0 amide bonds. The van der Waals surface area contributed by atoms with Gasteiger partial charge in [-0.3, -0.25) is 14.4 Å². The van der Waals surface area contributed by atoms with Gasteiger partial charge in [-0.05, 0) is 18.9 Å². The van der Waals surface area contributed by atoms with Gasteiger partial charge in [-0.25, -0.2) is 9.97 Å². The summed E-state index contributed by atoms with van der Waals surface area (Å²) in [5.41, 5.74) is 0.915. The zero-order valence-corrected chi connectivity index (χ0v) is 19.4. The average Bonchev–Trinajstić information content (AvgIpc) is 2.86. The van der Waals surface area contributed by atoms with Crippen LogP contribution >= 0.6 is 0 Å². The maximum absolute atomic E-state index is 12.8. The maximum atomic E-state index is 12.8. The summed E-state index contributed by atoms with van der Waals surface area (Å²) in [6.45, 7) is 1.56. The number of nitrogens with one attached hydrogen (secondary N) is 1. The number of aromatic nitrogens is 2. The number of piperidine rings is 1. The molecule has 184 valence electrons. The summed E-state index contributed by atoms with van der Waals surface area (Å²) in [5, 5.41) is 12.7. The van der Waals surface area contributed by atoms with Gasteiger partial charge in [0.15, 0.2) is 11.5 Å². The van der Waals surface area contributed by atoms with Gasteiger partial charge in [0.25, 0.3) is 0 Å². The number of aliphatic carboxylic acids is 1. The van der Waals surface area contributed by atoms with Crippen molar-refractivity contribution in [2.24, 2.45) is 5.92 Å². The molecule has 1 aliphatic heterocycles. The number of nitrogens with zero attached hydrogens (tertiary/aromatic N) is 3. The first-order chi connectivity index (χ1) is 16.9. The van der Waals surface area contributed by atoms with Crippen LogP contribution < -0.4 is 14.8 Å². The first-order valence-electron chi connectivity index (χ1n) is 11.1. The molecule has 0 spiro atoms. The summed E-state index contributed by atoms with van der Waals surface area (Å²) in [4.78, 5) is 47.1. The number of carboxylic acid groups (broad SMARTS) is 1. The van der Waals surface area contributed by atoms with Gasteiger partial charge in [-0.1, -0.05) is 0 Å². The molecule has 1 aromatic heterocycles. The molecular formula is C24H26N4O7. The van der Waals surface area contributed by atoms with Crippen molar-refractivity contribution < 1.29 is 33.7 Å². The predicted octanol–water partition coefficient (Wildman–Crippen LogP) is 1.79. The van der Waals surface area contributed by atoms with Crippen LogP contribution in [0.25, 0.3) is 10.9 Å². The molecule has 0 radical (unpaired) electrons. The van der Waals surface area contributed by atoms with Crippen molar-refractivity contribution in [3.8, 4) is 11.5 Å². The highest BCUT2D eigenvalue weighted by molar-refractivity contribution is 6.21. The number of anilines is 1. The van der Waals surface area contributed by atoms with E-state index < -0.39 is 11.9 Å². The highest BCUT2D eigenvalue weighted by atomic mass is 16.5. The molecule has 35 heavy (non-hydrogen) atoms. The number of benzene rings is 1. The fourth-order valence-electron chi connectivity index (χ4n) is 4.06. The number of carboxylic acids is 1. The predicted molar refractivity (Wildman–Crippen MR) is 125 cm³/mol. The monoisotopic (exact) mass is 482 g/mol. The Morgan fingerprint density at radius 1 is 1.09 bits per heavy atom. The number of carbonyl (C=O) groups is 3. The molecule has 0 bridgehead atoms. The van der Waals surface area contributed by atoms with Gasteiger partial charge in [-0.2, -0.15) is 0 Å². The highest BCUT2D eigenvalue weighted by Gasteiger charge is 2.30. The number of hydrogen-bond acceptors (Lipinski definition) is 10. The summed E-state index contributed by atoms with van der Waals surface area (Å²) in [6, 6.07) is 3.40. The van der Waals surface area contributed by atoms with E-state index in [9.17, 15) is 19.5 Å². The molecule has 0 atom stereocenters. The van der Waals surface area contributed by atoms with Crippen LogP contribution in [0.1, 0.15) is 12.8 Å². The average molecular weight is 482 g/mol. The van der Waals surface area contributed by atoms with E-state index in [1.54, 1.807) is 24.1 Å². The van der Waals surface area contributed by atoms with Crippen molar-refractivity contribution in [1.82, 2.24) is 14.9 Å². The number of likely N-dealkylation sites (tertiary alicyclic amines) is 1. The van der Waals surface area contributed by atoms with Crippen LogP contribution in [0.15, 0.2) is 42.0 Å². The number of fused-ring (bicyclic) bond motifs is 1. The molecule has 0 saturated carbocycles. The molecule has 1 aliphatic carbocycles. The minimum absolute atomic E-state index is 0.0820. The highest BCUT2D eigenvalue weighted by Crippen LogP contribution is 2.34. The Hall–Kier alpha value is -3.99. The molecule has 2 aromatic rings. The van der Waals surface area contributed by atoms with E-state index in [0.717, 1.165) is 0 Å². The Bertz CT molecular complexity index is 1220. The lowest BCUT2D eigenvalue weighted by Gasteiger charge is -2.33. The first kappa shape index (κ1) is 24.1. The van der Waals surface area contributed by atoms with Crippen molar-refractivity contribution in [3.63, 3.8) is 0 Å². The lowest BCUT2D eigenvalue weighted by atomic mass is 9.95. The van der Waals surface area contributed by atoms with Gasteiger partial charge >= 0.3 is 5.97 Å². The van der Waals surface area contributed by atoms with Crippen molar-refractivity contribution in [2.75, 3.05) is 45.8 Å². The Morgan fingerprint density at radius 3 is 2.54 bits per heavy atom. The molecule has 2 heterocycles. The molecule has 4 rings (SSSR count). The van der Waals surface area contributed by atoms with Crippen LogP contribution in [-0.4, -0.2) is 78.0 Å². The molecule has 0 unspecified atom stereocenters. The Morgan fingerprint density at radius 2 is 1.86 bits per heavy atom. The zero-order chi connectivity index (χ0) is 24.9. The Labute approximate surface area is 201 Å². The van der Waals surface area contributed by atoms with Crippen molar-refractivity contribution >= 4 is 34.3 Å². The number of allylic oxidation sites excluding steroid dienone is 2. The molecular weight excluding hydrogens is 456 g/mol. The molecule has 1 aromatic carbocycles. The van der Waals surface area contributed by atoms with E-state index in [4.69, 9.17) is 14.2 Å². The van der Waals surface area contributed by atoms with Crippen molar-refractivity contribution in [3.05, 3.63) is 42.0 Å². The van der Waals surface area contributed by atoms with Crippen LogP contribution in [-0.2, 0) is 19.1 Å². The van der Waals surface area contributed by atoms with E-state index in [1.807, 2.05) is 0 Å². The second kappa shape index (κ2) is 10.5. The van der Waals surface area contributed by atoms with Crippen LogP contribution in [0, 0.1) is 5.92 Å². The van der Waals surface area contributed by atoms with Crippen molar-refractivity contribution in [1.29, 1.82) is 0 Å². The number of rotatable bonds is 9. The number of hydrogen-bond donors (Lipinski definition) is 2. The summed E-state index contributed by atoms with van der Waals surface area (Å²) in [5.74, 6) is -0.684. The third-order valence-electron chi connectivity index (χ3n) is 5.96. The normalized spacial score (nSPS) is 16.7. The second-order valence-electron chi connectivity index (χ2n) is 8.12. The fourth-order valence-corrected chi connectivity index (χ4v) is 4.06. The molecule has 2 N–H and O–H groups in total. The van der Waals surface area contributed by atoms with Gasteiger partial charge in [0.1, 0.15) is 18.8 Å². The van der Waals surface area contributed by atoms with Crippen molar-refractivity contribution in [2.45, 2.75) is 12.8 Å². The standard InChI is InChI=1S/C24H26N4O7/c1-33-7-8-35-22-11-16-15(9-21(22)34-2)23(26-13-25-16)27-17-10-20(30)18(12-19(17)29)28-5-3-14(4-6-28)24(31)32/h9-14H,3-8H2,1-2H3,(H,31,32)(H,25,26,27). The Kier molecular flexibility index (Phi) is 7.25. The summed E-state index contributed by atoms with van der Waals surface area (Å²) >= 11 is 0. The Balaban J connectivity index is 1.53. The zero-order valence-electron chi connectivity index (χ0n) is 19.4. The van der Waals surface area contributed by atoms with Gasteiger partial charge in [0.2, 0.25) is 11.6 Å². The SMILES string of the molecule is COCCOc1cc2ncnc(NC3=CC(=O)C(N4CCC(C(=O)O)CC4)=CC3=O)c2cc1OC. The van der Waals surface area contributed by atoms with Gasteiger partial charge in [0, 0.05) is 43.8 Å². The quantitative estimate of drug-likeness (QED) is 0.399. The molecule has 11 nitrogen and oxygen atoms in total. The third-order valence-corrected chi connectivity index (χ3v) is 5.96. The van der Waals surface area contributed by atoms with E-state index in [2.05, 4.69) is 15.3 Å². The van der Waals surface area contributed by atoms with Gasteiger partial charge < -0.3 is 29.5 Å². The van der Waals surface area contributed by atoms with E-state index in [-0.39, 0.29) is 23.0 Å². The third kappa shape index (κ3) is 5.24. The minimum atomic E-state index is -0.835. The minimum Gasteiger partial charge on any atom is -0.493 e. The summed E-state index contributed by atoms with van der Waals surface area (Å²) < 4.78 is 16.1. The molecule has 2 aliphatic rings. The fraction of sp³-hybridized carbons (Fsp3) is 0.375. The first-order valence-corrected chi connectivity index (χ1v) is 11.1. The largest absolute Gasteiger partial charge is 0.493 e. The lowest BCUT2D eigenvalue weighted by Crippen LogP contribution is -2.39. The molecule has 1 fully saturated rings. The maximum Gasteiger partial charge on any atom is 0.306 e. The smallest absolute Gasteiger partial charge is 0.306 e. The van der Waals surface area contributed by atoms with Crippen LogP contribution in [0.3, 0.4) is 0 Å². The van der Waals surface area contributed by atoms with Crippen LogP contribution in [0.5, 0.6) is 11.5 Å². The number of methoxy groups -OCH3 is 2. The van der Waals surface area contributed by atoms with Gasteiger partial charge in [0.05, 0.1) is 36.5 Å². The summed E-state index contributed by atoms with van der Waals surface area (Å²) in [6.07, 6.45) is 4.73.